The molecule has 0 unspecified atom stereocenters. The summed E-state index contributed by atoms with van der Waals surface area (Å²) < 4.78 is 41.5. The van der Waals surface area contributed by atoms with Crippen LogP contribution in [0.2, 0.25) is 0 Å². The third kappa shape index (κ3) is 2.47. The Hall–Kier alpha value is -1.11. The van der Waals surface area contributed by atoms with E-state index >= 15 is 0 Å². The molecular weight excluding hydrogens is 279 g/mol. The van der Waals surface area contributed by atoms with Gasteiger partial charge in [-0.15, -0.1) is 0 Å². The van der Waals surface area contributed by atoms with Crippen molar-refractivity contribution in [2.45, 2.75) is 6.18 Å². The molecule has 1 aromatic rings. The largest absolute Gasteiger partial charge is 0.464 e. The first-order chi connectivity index (χ1) is 6.88. The maximum atomic E-state index is 12.5. The van der Waals surface area contributed by atoms with Gasteiger partial charge < -0.3 is 4.74 Å². The molecule has 0 radical (unpaired) electrons. The van der Waals surface area contributed by atoms with Crippen LogP contribution in [0.5, 0.6) is 0 Å². The summed E-state index contributed by atoms with van der Waals surface area (Å²) in [6.07, 6.45) is -3.57. The second-order valence-corrected chi connectivity index (χ2v) is 3.36. The van der Waals surface area contributed by atoms with E-state index in [4.69, 9.17) is 0 Å². The number of hydrogen-bond acceptors (Lipinski definition) is 3. The fourth-order valence-corrected chi connectivity index (χ4v) is 1.49. The second-order valence-electron chi connectivity index (χ2n) is 2.51. The summed E-state index contributed by atoms with van der Waals surface area (Å²) in [7, 11) is 0.991. The summed E-state index contributed by atoms with van der Waals surface area (Å²) in [5.41, 5.74) is -1.88. The summed E-state index contributed by atoms with van der Waals surface area (Å²) in [6, 6.07) is 1.11. The Balaban J connectivity index is 3.40. The van der Waals surface area contributed by atoms with E-state index in [1.807, 2.05) is 0 Å². The number of rotatable bonds is 1. The minimum Gasteiger partial charge on any atom is -0.464 e. The predicted molar refractivity (Wildman–Crippen MR) is 48.3 cm³/mol. The van der Waals surface area contributed by atoms with Crippen molar-refractivity contribution in [3.63, 3.8) is 0 Å². The van der Waals surface area contributed by atoms with E-state index in [0.717, 1.165) is 19.4 Å². The Labute approximate surface area is 91.4 Å². The SMILES string of the molecule is COC(=O)c1nccc(Br)c1C(F)(F)F. The molecule has 0 aliphatic rings. The topological polar surface area (TPSA) is 39.2 Å². The van der Waals surface area contributed by atoms with Crippen LogP contribution in [0, 0.1) is 0 Å². The fraction of sp³-hybridized carbons (Fsp3) is 0.250. The molecule has 82 valence electrons. The van der Waals surface area contributed by atoms with Crippen molar-refractivity contribution in [2.24, 2.45) is 0 Å². The fourth-order valence-electron chi connectivity index (χ4n) is 0.959. The number of ether oxygens (including phenoxy) is 1. The highest BCUT2D eigenvalue weighted by atomic mass is 79.9. The minimum absolute atomic E-state index is 0.245. The van der Waals surface area contributed by atoms with Gasteiger partial charge in [0.05, 0.1) is 7.11 Å². The van der Waals surface area contributed by atoms with Crippen LogP contribution in [0.1, 0.15) is 16.1 Å². The Bertz CT molecular complexity index is 392. The molecule has 0 spiro atoms. The van der Waals surface area contributed by atoms with Gasteiger partial charge in [0.25, 0.3) is 0 Å². The third-order valence-electron chi connectivity index (χ3n) is 1.56. The van der Waals surface area contributed by atoms with E-state index in [0.29, 0.717) is 0 Å². The van der Waals surface area contributed by atoms with Gasteiger partial charge in [-0.25, -0.2) is 9.78 Å². The normalized spacial score (nSPS) is 11.3. The summed E-state index contributed by atoms with van der Waals surface area (Å²) in [5, 5.41) is 0. The van der Waals surface area contributed by atoms with Gasteiger partial charge in [0.2, 0.25) is 0 Å². The zero-order chi connectivity index (χ0) is 11.6. The van der Waals surface area contributed by atoms with Crippen molar-refractivity contribution in [2.75, 3.05) is 7.11 Å². The first-order valence-corrected chi connectivity index (χ1v) is 4.47. The van der Waals surface area contributed by atoms with E-state index < -0.39 is 23.4 Å². The van der Waals surface area contributed by atoms with Crippen LogP contribution in [0.4, 0.5) is 13.2 Å². The predicted octanol–water partition coefficient (Wildman–Crippen LogP) is 2.65. The van der Waals surface area contributed by atoms with E-state index in [1.54, 1.807) is 0 Å². The van der Waals surface area contributed by atoms with Gasteiger partial charge >= 0.3 is 12.1 Å². The molecular formula is C8H5BrF3NO2. The molecule has 0 bridgehead atoms. The van der Waals surface area contributed by atoms with Crippen LogP contribution in [-0.2, 0) is 10.9 Å². The summed E-state index contributed by atoms with van der Waals surface area (Å²) >= 11 is 2.71. The number of aromatic nitrogens is 1. The number of halogens is 4. The Morgan fingerprint density at radius 1 is 1.53 bits per heavy atom. The molecule has 15 heavy (non-hydrogen) atoms. The molecule has 0 aliphatic heterocycles. The Morgan fingerprint density at radius 2 is 2.13 bits per heavy atom. The van der Waals surface area contributed by atoms with Gasteiger partial charge in [-0.1, -0.05) is 15.9 Å². The van der Waals surface area contributed by atoms with Crippen molar-refractivity contribution in [3.8, 4) is 0 Å². The molecule has 0 amide bonds. The smallest absolute Gasteiger partial charge is 0.419 e. The number of nitrogens with zero attached hydrogens (tertiary/aromatic N) is 1. The lowest BCUT2D eigenvalue weighted by atomic mass is 10.2. The van der Waals surface area contributed by atoms with Crippen molar-refractivity contribution in [1.29, 1.82) is 0 Å². The maximum absolute atomic E-state index is 12.5. The lowest BCUT2D eigenvalue weighted by molar-refractivity contribution is -0.139. The van der Waals surface area contributed by atoms with E-state index in [2.05, 4.69) is 25.7 Å². The van der Waals surface area contributed by atoms with Gasteiger partial charge in [0, 0.05) is 10.7 Å². The molecule has 1 aromatic heterocycles. The highest BCUT2D eigenvalue weighted by Crippen LogP contribution is 2.36. The summed E-state index contributed by atoms with van der Waals surface area (Å²) in [5.74, 6) is -1.12. The number of pyridine rings is 1. The highest BCUT2D eigenvalue weighted by Gasteiger charge is 2.38. The molecule has 0 atom stereocenters. The van der Waals surface area contributed by atoms with Crippen LogP contribution in [-0.4, -0.2) is 18.1 Å². The van der Waals surface area contributed by atoms with Crippen molar-refractivity contribution < 1.29 is 22.7 Å². The van der Waals surface area contributed by atoms with Gasteiger partial charge in [-0.05, 0) is 6.07 Å². The van der Waals surface area contributed by atoms with Crippen LogP contribution in [0.15, 0.2) is 16.7 Å². The van der Waals surface area contributed by atoms with Crippen LogP contribution in [0.25, 0.3) is 0 Å². The maximum Gasteiger partial charge on any atom is 0.419 e. The minimum atomic E-state index is -4.66. The molecule has 0 N–H and O–H groups in total. The molecule has 0 aromatic carbocycles. The van der Waals surface area contributed by atoms with Crippen molar-refractivity contribution >= 4 is 21.9 Å². The monoisotopic (exact) mass is 283 g/mol. The first kappa shape index (κ1) is 12.0. The Morgan fingerprint density at radius 3 is 2.60 bits per heavy atom. The molecule has 1 heterocycles. The number of alkyl halides is 3. The number of esters is 1. The van der Waals surface area contributed by atoms with Crippen molar-refractivity contribution in [3.05, 3.63) is 28.0 Å². The zero-order valence-electron chi connectivity index (χ0n) is 7.43. The molecule has 3 nitrogen and oxygen atoms in total. The number of carbonyl (C=O) groups excluding carboxylic acids is 1. The van der Waals surface area contributed by atoms with Gasteiger partial charge in [-0.2, -0.15) is 13.2 Å². The summed E-state index contributed by atoms with van der Waals surface area (Å²) in [6.45, 7) is 0. The number of methoxy groups -OCH3 is 1. The lowest BCUT2D eigenvalue weighted by Gasteiger charge is -2.11. The zero-order valence-corrected chi connectivity index (χ0v) is 9.02. The molecule has 1 rings (SSSR count). The highest BCUT2D eigenvalue weighted by molar-refractivity contribution is 9.10. The molecule has 7 heteroatoms. The number of carbonyl (C=O) groups is 1. The quantitative estimate of drug-likeness (QED) is 0.744. The first-order valence-electron chi connectivity index (χ1n) is 3.68. The van der Waals surface area contributed by atoms with E-state index in [-0.39, 0.29) is 4.47 Å². The standard InChI is InChI=1S/C8H5BrF3NO2/c1-15-7(14)6-5(8(10,11)12)4(9)2-3-13-6/h2-3H,1H3. The number of hydrogen-bond donors (Lipinski definition) is 0. The lowest BCUT2D eigenvalue weighted by Crippen LogP contribution is -2.16. The van der Waals surface area contributed by atoms with E-state index in [1.165, 1.54) is 0 Å². The molecule has 0 saturated carbocycles. The Kier molecular flexibility index (Phi) is 3.33. The average molecular weight is 284 g/mol. The van der Waals surface area contributed by atoms with E-state index in [9.17, 15) is 18.0 Å². The van der Waals surface area contributed by atoms with Crippen LogP contribution in [0.3, 0.4) is 0 Å². The van der Waals surface area contributed by atoms with Crippen LogP contribution < -0.4 is 0 Å². The van der Waals surface area contributed by atoms with Crippen molar-refractivity contribution in [1.82, 2.24) is 4.98 Å². The molecule has 0 fully saturated rings. The second kappa shape index (κ2) is 4.18. The average Bonchev–Trinajstić information content (AvgIpc) is 2.14. The van der Waals surface area contributed by atoms with Gasteiger partial charge in [0.15, 0.2) is 5.69 Å². The molecule has 0 saturated heterocycles. The van der Waals surface area contributed by atoms with Gasteiger partial charge in [0.1, 0.15) is 5.56 Å². The van der Waals surface area contributed by atoms with Gasteiger partial charge in [-0.3, -0.25) is 0 Å². The third-order valence-corrected chi connectivity index (χ3v) is 2.22. The molecule has 0 aliphatic carbocycles. The summed E-state index contributed by atoms with van der Waals surface area (Å²) in [4.78, 5) is 14.4. The van der Waals surface area contributed by atoms with Crippen LogP contribution >= 0.6 is 15.9 Å².